The molecule has 1 aromatic rings. The smallest absolute Gasteiger partial charge is 0.244 e. The summed E-state index contributed by atoms with van der Waals surface area (Å²) in [6.07, 6.45) is 1.82. The Labute approximate surface area is 178 Å². The second-order valence-electron chi connectivity index (χ2n) is 6.83. The van der Waals surface area contributed by atoms with Crippen molar-refractivity contribution >= 4 is 31.8 Å². The summed E-state index contributed by atoms with van der Waals surface area (Å²) in [7, 11) is -3.85. The van der Waals surface area contributed by atoms with Gasteiger partial charge in [-0.05, 0) is 22.0 Å². The van der Waals surface area contributed by atoms with E-state index in [9.17, 15) is 8.42 Å². The minimum Gasteiger partial charge on any atom is -0.394 e. The highest BCUT2D eigenvalue weighted by atomic mass is 79.9. The van der Waals surface area contributed by atoms with Gasteiger partial charge in [-0.1, -0.05) is 0 Å². The predicted octanol–water partition coefficient (Wildman–Crippen LogP) is 0.118. The van der Waals surface area contributed by atoms with Gasteiger partial charge in [-0.3, -0.25) is 0 Å². The van der Waals surface area contributed by atoms with E-state index in [0.717, 1.165) is 0 Å². The molecule has 29 heavy (non-hydrogen) atoms. The van der Waals surface area contributed by atoms with Gasteiger partial charge in [-0.15, -0.1) is 0 Å². The molecule has 3 rings (SSSR count). The van der Waals surface area contributed by atoms with Crippen LogP contribution in [0.25, 0.3) is 0 Å². The maximum atomic E-state index is 12.9. The number of nitrogens with one attached hydrogen (secondary N) is 2. The van der Waals surface area contributed by atoms with Crippen molar-refractivity contribution in [1.82, 2.24) is 9.71 Å². The monoisotopic (exact) mass is 495 g/mol. The van der Waals surface area contributed by atoms with Crippen LogP contribution in [0.15, 0.2) is 21.6 Å². The first kappa shape index (κ1) is 22.8. The van der Waals surface area contributed by atoms with Gasteiger partial charge in [0, 0.05) is 36.8 Å². The highest BCUT2D eigenvalue weighted by Crippen LogP contribution is 2.27. The summed E-state index contributed by atoms with van der Waals surface area (Å²) >= 11 is 3.28. The van der Waals surface area contributed by atoms with Gasteiger partial charge >= 0.3 is 0 Å². The third-order valence-corrected chi connectivity index (χ3v) is 6.51. The lowest BCUT2D eigenvalue weighted by Crippen LogP contribution is -2.42. The molecule has 3 N–H and O–H groups in total. The van der Waals surface area contributed by atoms with Crippen molar-refractivity contribution in [2.24, 2.45) is 0 Å². The van der Waals surface area contributed by atoms with Gasteiger partial charge < -0.3 is 29.4 Å². The van der Waals surface area contributed by atoms with E-state index < -0.39 is 15.6 Å². The van der Waals surface area contributed by atoms with Crippen LogP contribution in [0.4, 0.5) is 5.82 Å². The van der Waals surface area contributed by atoms with E-state index in [1.807, 2.05) is 0 Å². The molecule has 2 saturated heterocycles. The molecule has 164 valence electrons. The quantitative estimate of drug-likeness (QED) is 0.414. The summed E-state index contributed by atoms with van der Waals surface area (Å²) in [6, 6.07) is 1.49. The molecule has 2 aliphatic heterocycles. The van der Waals surface area contributed by atoms with Gasteiger partial charge in [0.1, 0.15) is 16.3 Å². The molecule has 10 nitrogen and oxygen atoms in total. The Morgan fingerprint density at radius 3 is 2.90 bits per heavy atom. The Morgan fingerprint density at radius 2 is 2.21 bits per heavy atom. The van der Waals surface area contributed by atoms with Gasteiger partial charge in [0.15, 0.2) is 0 Å². The summed E-state index contributed by atoms with van der Waals surface area (Å²) in [4.78, 5) is 4.25. The molecule has 0 spiro atoms. The fourth-order valence-electron chi connectivity index (χ4n) is 3.09. The Kier molecular flexibility index (Phi) is 8.22. The largest absolute Gasteiger partial charge is 0.394 e. The van der Waals surface area contributed by atoms with Gasteiger partial charge in [-0.2, -0.15) is 0 Å². The minimum atomic E-state index is -3.85. The second kappa shape index (κ2) is 10.4. The zero-order chi connectivity index (χ0) is 20.7. The maximum absolute atomic E-state index is 12.9. The zero-order valence-corrected chi connectivity index (χ0v) is 18.3. The molecule has 0 bridgehead atoms. The Bertz CT molecular complexity index is 768. The summed E-state index contributed by atoms with van der Waals surface area (Å²) in [5, 5.41) is 12.1. The van der Waals surface area contributed by atoms with Crippen molar-refractivity contribution < 1.29 is 32.5 Å². The number of aromatic nitrogens is 1. The SMILES string of the molecule is O=S(=O)(NCC1COCCO1)c1cc(Br)cnc1NCC1(OCCO)CCOC1. The Hall–Kier alpha value is -0.860. The number of nitrogens with zero attached hydrogens (tertiary/aromatic N) is 1. The molecule has 0 radical (unpaired) electrons. The van der Waals surface area contributed by atoms with Crippen molar-refractivity contribution in [2.45, 2.75) is 23.0 Å². The standard InChI is InChI=1S/C17H26BrN3O7S/c18-13-7-15(29(23,24)21-9-14-10-25-5-6-27-14)16(19-8-13)20-11-17(28-4-2-22)1-3-26-12-17/h7-8,14,21-22H,1-6,9-12H2,(H,19,20). The molecule has 0 aromatic carbocycles. The predicted molar refractivity (Wildman–Crippen MR) is 107 cm³/mol. The van der Waals surface area contributed by atoms with E-state index >= 15 is 0 Å². The molecule has 1 aromatic heterocycles. The number of sulfonamides is 1. The lowest BCUT2D eigenvalue weighted by molar-refractivity contribution is -0.0846. The molecule has 2 atom stereocenters. The van der Waals surface area contributed by atoms with Crippen LogP contribution in [0.3, 0.4) is 0 Å². The van der Waals surface area contributed by atoms with Gasteiger partial charge in [0.2, 0.25) is 10.0 Å². The Balaban J connectivity index is 1.71. The summed E-state index contributed by atoms with van der Waals surface area (Å²) < 4.78 is 50.9. The number of pyridine rings is 1. The molecule has 0 saturated carbocycles. The first-order valence-electron chi connectivity index (χ1n) is 9.35. The number of hydrogen-bond acceptors (Lipinski definition) is 9. The van der Waals surface area contributed by atoms with Gasteiger partial charge in [-0.25, -0.2) is 18.1 Å². The van der Waals surface area contributed by atoms with Gasteiger partial charge in [0.05, 0.1) is 45.7 Å². The molecule has 0 amide bonds. The number of halogens is 1. The molecule has 12 heteroatoms. The van der Waals surface area contributed by atoms with Crippen LogP contribution < -0.4 is 10.0 Å². The highest BCUT2D eigenvalue weighted by molar-refractivity contribution is 9.10. The molecule has 3 heterocycles. The van der Waals surface area contributed by atoms with Crippen LogP contribution >= 0.6 is 15.9 Å². The van der Waals surface area contributed by atoms with Crippen molar-refractivity contribution in [3.63, 3.8) is 0 Å². The number of rotatable bonds is 10. The lowest BCUT2D eigenvalue weighted by Gasteiger charge is -2.28. The number of aliphatic hydroxyl groups is 1. The highest BCUT2D eigenvalue weighted by Gasteiger charge is 2.36. The first-order valence-corrected chi connectivity index (χ1v) is 11.6. The molecule has 2 fully saturated rings. The fraction of sp³-hybridized carbons (Fsp3) is 0.706. The summed E-state index contributed by atoms with van der Waals surface area (Å²) in [6.45, 7) is 2.66. The zero-order valence-electron chi connectivity index (χ0n) is 15.9. The van der Waals surface area contributed by atoms with E-state index in [4.69, 9.17) is 24.1 Å². The van der Waals surface area contributed by atoms with Crippen LogP contribution in [0.2, 0.25) is 0 Å². The number of hydrogen-bond donors (Lipinski definition) is 3. The lowest BCUT2D eigenvalue weighted by atomic mass is 10.0. The second-order valence-corrected chi connectivity index (χ2v) is 9.48. The van der Waals surface area contributed by atoms with Crippen molar-refractivity contribution in [1.29, 1.82) is 0 Å². The number of aliphatic hydroxyl groups excluding tert-OH is 1. The molecule has 0 aliphatic carbocycles. The average Bonchev–Trinajstić information content (AvgIpc) is 3.20. The van der Waals surface area contributed by atoms with Gasteiger partial charge in [0.25, 0.3) is 0 Å². The van der Waals surface area contributed by atoms with Crippen LogP contribution in [-0.2, 0) is 29.0 Å². The first-order chi connectivity index (χ1) is 13.9. The van der Waals surface area contributed by atoms with E-state index in [0.29, 0.717) is 50.5 Å². The molecular formula is C17H26BrN3O7S. The number of anilines is 1. The average molecular weight is 496 g/mol. The van der Waals surface area contributed by atoms with Crippen molar-refractivity contribution in [3.8, 4) is 0 Å². The molecular weight excluding hydrogens is 470 g/mol. The third-order valence-electron chi connectivity index (χ3n) is 4.64. The van der Waals surface area contributed by atoms with E-state index in [1.54, 1.807) is 0 Å². The topological polar surface area (TPSA) is 128 Å². The molecule has 2 unspecified atom stereocenters. The normalized spacial score (nSPS) is 25.2. The van der Waals surface area contributed by atoms with E-state index in [2.05, 4.69) is 31.0 Å². The minimum absolute atomic E-state index is 0.0137. The molecule has 2 aliphatic rings. The van der Waals surface area contributed by atoms with Crippen LogP contribution in [0.5, 0.6) is 0 Å². The maximum Gasteiger partial charge on any atom is 0.244 e. The summed E-state index contributed by atoms with van der Waals surface area (Å²) in [5.74, 6) is 0.209. The Morgan fingerprint density at radius 1 is 1.34 bits per heavy atom. The van der Waals surface area contributed by atoms with Crippen LogP contribution in [-0.4, -0.2) is 89.6 Å². The number of ether oxygens (including phenoxy) is 4. The van der Waals surface area contributed by atoms with Crippen LogP contribution in [0, 0.1) is 0 Å². The van der Waals surface area contributed by atoms with E-state index in [-0.39, 0.29) is 36.6 Å². The van der Waals surface area contributed by atoms with Crippen molar-refractivity contribution in [3.05, 3.63) is 16.7 Å². The van der Waals surface area contributed by atoms with E-state index in [1.165, 1.54) is 12.3 Å². The fourth-order valence-corrected chi connectivity index (χ4v) is 4.80. The van der Waals surface area contributed by atoms with Crippen molar-refractivity contribution in [2.75, 3.05) is 64.7 Å². The summed E-state index contributed by atoms with van der Waals surface area (Å²) in [5.41, 5.74) is -0.640. The van der Waals surface area contributed by atoms with Crippen LogP contribution in [0.1, 0.15) is 6.42 Å². The third kappa shape index (κ3) is 6.31.